The molecule has 0 amide bonds. The molecule has 104 valence electrons. The standard InChI is InChI=1S/C15H19N5/c1-16-15(17-10-14-6-8-18-19-14)20-9-7-12-4-2-3-5-13(12)11-20/h2-6,8H,7,9-11H2,1H3,(H,16,17)(H,18,19). The molecule has 20 heavy (non-hydrogen) atoms. The molecular weight excluding hydrogens is 250 g/mol. The van der Waals surface area contributed by atoms with Crippen LogP contribution in [0.3, 0.4) is 0 Å². The third-order valence-electron chi connectivity index (χ3n) is 3.64. The first kappa shape index (κ1) is 12.7. The second-order valence-electron chi connectivity index (χ2n) is 4.92. The Kier molecular flexibility index (Phi) is 3.67. The van der Waals surface area contributed by atoms with Crippen LogP contribution in [0.5, 0.6) is 0 Å². The molecule has 0 bridgehead atoms. The molecule has 1 aromatic carbocycles. The van der Waals surface area contributed by atoms with Gasteiger partial charge >= 0.3 is 0 Å². The van der Waals surface area contributed by atoms with Crippen molar-refractivity contribution < 1.29 is 0 Å². The van der Waals surface area contributed by atoms with Crippen molar-refractivity contribution in [3.63, 3.8) is 0 Å². The largest absolute Gasteiger partial charge is 0.351 e. The van der Waals surface area contributed by atoms with Gasteiger partial charge in [0.25, 0.3) is 0 Å². The van der Waals surface area contributed by atoms with Gasteiger partial charge in [-0.1, -0.05) is 24.3 Å². The van der Waals surface area contributed by atoms with Crippen LogP contribution >= 0.6 is 0 Å². The number of rotatable bonds is 2. The van der Waals surface area contributed by atoms with Crippen LogP contribution in [-0.2, 0) is 19.5 Å². The van der Waals surface area contributed by atoms with Gasteiger partial charge in [0.2, 0.25) is 0 Å². The predicted molar refractivity (Wildman–Crippen MR) is 79.3 cm³/mol. The minimum Gasteiger partial charge on any atom is -0.351 e. The van der Waals surface area contributed by atoms with Crippen LogP contribution in [0.4, 0.5) is 0 Å². The molecule has 3 rings (SSSR count). The second kappa shape index (κ2) is 5.77. The van der Waals surface area contributed by atoms with Gasteiger partial charge in [-0.3, -0.25) is 10.1 Å². The van der Waals surface area contributed by atoms with Crippen molar-refractivity contribution in [1.82, 2.24) is 20.4 Å². The molecule has 2 aromatic rings. The molecule has 0 atom stereocenters. The third-order valence-corrected chi connectivity index (χ3v) is 3.64. The lowest BCUT2D eigenvalue weighted by Crippen LogP contribution is -2.43. The minimum atomic E-state index is 0.713. The van der Waals surface area contributed by atoms with Gasteiger partial charge in [0, 0.05) is 26.3 Å². The molecule has 1 aliphatic heterocycles. The average molecular weight is 269 g/mol. The summed E-state index contributed by atoms with van der Waals surface area (Å²) in [6.45, 7) is 2.63. The Labute approximate surface area is 118 Å². The number of aromatic nitrogens is 2. The zero-order valence-corrected chi connectivity index (χ0v) is 11.6. The normalized spacial score (nSPS) is 15.1. The molecule has 0 fully saturated rings. The van der Waals surface area contributed by atoms with E-state index in [-0.39, 0.29) is 0 Å². The van der Waals surface area contributed by atoms with Gasteiger partial charge in [0.15, 0.2) is 5.96 Å². The number of hydrogen-bond acceptors (Lipinski definition) is 2. The molecule has 0 unspecified atom stereocenters. The number of nitrogens with zero attached hydrogens (tertiary/aromatic N) is 3. The number of guanidine groups is 1. The summed E-state index contributed by atoms with van der Waals surface area (Å²) in [5.41, 5.74) is 3.90. The third kappa shape index (κ3) is 2.66. The quantitative estimate of drug-likeness (QED) is 0.642. The minimum absolute atomic E-state index is 0.713. The van der Waals surface area contributed by atoms with Gasteiger partial charge in [-0.2, -0.15) is 5.10 Å². The molecule has 5 nitrogen and oxygen atoms in total. The van der Waals surface area contributed by atoms with Crippen LogP contribution in [0.1, 0.15) is 16.8 Å². The summed E-state index contributed by atoms with van der Waals surface area (Å²) in [5, 5.41) is 10.3. The molecule has 0 spiro atoms. The molecule has 2 N–H and O–H groups in total. The van der Waals surface area contributed by atoms with Gasteiger partial charge in [-0.25, -0.2) is 0 Å². The van der Waals surface area contributed by atoms with Crippen molar-refractivity contribution >= 4 is 5.96 Å². The van der Waals surface area contributed by atoms with Gasteiger partial charge in [0.05, 0.1) is 12.2 Å². The lowest BCUT2D eigenvalue weighted by atomic mass is 10.0. The first-order valence-corrected chi connectivity index (χ1v) is 6.87. The van der Waals surface area contributed by atoms with E-state index in [4.69, 9.17) is 0 Å². The summed E-state index contributed by atoms with van der Waals surface area (Å²) in [5.74, 6) is 0.939. The van der Waals surface area contributed by atoms with E-state index in [1.54, 1.807) is 6.20 Å². The van der Waals surface area contributed by atoms with E-state index >= 15 is 0 Å². The van der Waals surface area contributed by atoms with E-state index in [2.05, 4.69) is 49.7 Å². The van der Waals surface area contributed by atoms with Crippen LogP contribution in [0.25, 0.3) is 0 Å². The molecule has 2 heterocycles. The molecule has 0 saturated carbocycles. The highest BCUT2D eigenvalue weighted by Gasteiger charge is 2.18. The van der Waals surface area contributed by atoms with E-state index in [0.29, 0.717) is 6.54 Å². The van der Waals surface area contributed by atoms with Crippen molar-refractivity contribution in [3.05, 3.63) is 53.3 Å². The Balaban J connectivity index is 1.66. The Morgan fingerprint density at radius 2 is 2.20 bits per heavy atom. The average Bonchev–Trinajstić information content (AvgIpc) is 3.01. The highest BCUT2D eigenvalue weighted by atomic mass is 15.3. The van der Waals surface area contributed by atoms with E-state index in [9.17, 15) is 0 Å². The van der Waals surface area contributed by atoms with Crippen molar-refractivity contribution in [3.8, 4) is 0 Å². The molecular formula is C15H19N5. The van der Waals surface area contributed by atoms with Crippen molar-refractivity contribution in [2.75, 3.05) is 13.6 Å². The molecule has 5 heteroatoms. The Morgan fingerprint density at radius 1 is 1.35 bits per heavy atom. The van der Waals surface area contributed by atoms with Crippen LogP contribution in [0.2, 0.25) is 0 Å². The molecule has 0 saturated heterocycles. The topological polar surface area (TPSA) is 56.3 Å². The lowest BCUT2D eigenvalue weighted by Gasteiger charge is -2.31. The number of H-pyrrole nitrogens is 1. The predicted octanol–water partition coefficient (Wildman–Crippen LogP) is 1.54. The van der Waals surface area contributed by atoms with Crippen LogP contribution < -0.4 is 5.32 Å². The first-order chi connectivity index (χ1) is 9.86. The number of hydrogen-bond donors (Lipinski definition) is 2. The van der Waals surface area contributed by atoms with Crippen LogP contribution in [-0.4, -0.2) is 34.6 Å². The maximum absolute atomic E-state index is 4.38. The number of aliphatic imine (C=N–C) groups is 1. The summed E-state index contributed by atoms with van der Waals surface area (Å²) >= 11 is 0. The fourth-order valence-corrected chi connectivity index (χ4v) is 2.57. The summed E-state index contributed by atoms with van der Waals surface area (Å²) in [6, 6.07) is 10.6. The summed E-state index contributed by atoms with van der Waals surface area (Å²) in [7, 11) is 1.83. The Morgan fingerprint density at radius 3 is 2.95 bits per heavy atom. The zero-order valence-electron chi connectivity index (χ0n) is 11.6. The fraction of sp³-hybridized carbons (Fsp3) is 0.333. The molecule has 1 aliphatic rings. The maximum Gasteiger partial charge on any atom is 0.194 e. The van der Waals surface area contributed by atoms with Crippen molar-refractivity contribution in [1.29, 1.82) is 0 Å². The van der Waals surface area contributed by atoms with Gasteiger partial charge in [0.1, 0.15) is 0 Å². The summed E-state index contributed by atoms with van der Waals surface area (Å²) < 4.78 is 0. The monoisotopic (exact) mass is 269 g/mol. The fourth-order valence-electron chi connectivity index (χ4n) is 2.57. The SMILES string of the molecule is CN=C(NCc1ccn[nH]1)N1CCc2ccccc2C1. The van der Waals surface area contributed by atoms with E-state index in [1.165, 1.54) is 11.1 Å². The molecule has 0 radical (unpaired) electrons. The molecule has 1 aromatic heterocycles. The smallest absolute Gasteiger partial charge is 0.194 e. The number of aromatic amines is 1. The van der Waals surface area contributed by atoms with Crippen LogP contribution in [0, 0.1) is 0 Å². The van der Waals surface area contributed by atoms with E-state index in [0.717, 1.165) is 31.2 Å². The summed E-state index contributed by atoms with van der Waals surface area (Å²) in [4.78, 5) is 6.67. The van der Waals surface area contributed by atoms with Gasteiger partial charge in [-0.15, -0.1) is 0 Å². The zero-order chi connectivity index (χ0) is 13.8. The van der Waals surface area contributed by atoms with Crippen molar-refractivity contribution in [2.24, 2.45) is 4.99 Å². The lowest BCUT2D eigenvalue weighted by molar-refractivity contribution is 0.378. The highest BCUT2D eigenvalue weighted by molar-refractivity contribution is 5.80. The van der Waals surface area contributed by atoms with Crippen LogP contribution in [0.15, 0.2) is 41.5 Å². The maximum atomic E-state index is 4.38. The second-order valence-corrected chi connectivity index (χ2v) is 4.92. The van der Waals surface area contributed by atoms with E-state index in [1.807, 2.05) is 13.1 Å². The number of nitrogens with one attached hydrogen (secondary N) is 2. The van der Waals surface area contributed by atoms with Crippen molar-refractivity contribution in [2.45, 2.75) is 19.5 Å². The van der Waals surface area contributed by atoms with Gasteiger partial charge < -0.3 is 10.2 Å². The Hall–Kier alpha value is -2.30. The number of benzene rings is 1. The highest BCUT2D eigenvalue weighted by Crippen LogP contribution is 2.18. The van der Waals surface area contributed by atoms with E-state index < -0.39 is 0 Å². The Bertz CT molecular complexity index is 588. The first-order valence-electron chi connectivity index (χ1n) is 6.87. The van der Waals surface area contributed by atoms with Gasteiger partial charge in [-0.05, 0) is 23.6 Å². The summed E-state index contributed by atoms with van der Waals surface area (Å²) in [6.07, 6.45) is 2.83. The number of fused-ring (bicyclic) bond motifs is 1. The molecule has 0 aliphatic carbocycles.